The van der Waals surface area contributed by atoms with Crippen molar-refractivity contribution in [3.05, 3.63) is 40.9 Å². The largest absolute Gasteiger partial charge is 0.337 e. The number of nitrogens with zero attached hydrogens (tertiary/aromatic N) is 2. The molecular weight excluding hydrogens is 456 g/mol. The summed E-state index contributed by atoms with van der Waals surface area (Å²) < 4.78 is 54.5. The number of aromatic nitrogens is 1. The van der Waals surface area contributed by atoms with E-state index < -0.39 is 21.7 Å². The lowest BCUT2D eigenvalue weighted by molar-refractivity contribution is -0.177. The van der Waals surface area contributed by atoms with E-state index in [0.717, 1.165) is 25.3 Å². The molecule has 0 radical (unpaired) electrons. The van der Waals surface area contributed by atoms with Crippen LogP contribution in [0.5, 0.6) is 0 Å². The second kappa shape index (κ2) is 7.85. The van der Waals surface area contributed by atoms with Gasteiger partial charge in [0.15, 0.2) is 0 Å². The Hall–Kier alpha value is -1.91. The maximum absolute atomic E-state index is 13.6. The minimum absolute atomic E-state index is 0.0260. The Labute approximate surface area is 190 Å². The number of halogens is 2. The molecule has 2 unspecified atom stereocenters. The van der Waals surface area contributed by atoms with E-state index in [4.69, 9.17) is 0 Å². The first-order valence-electron chi connectivity index (χ1n) is 10.9. The number of nitrogens with one attached hydrogen (secondary N) is 1. The van der Waals surface area contributed by atoms with Crippen LogP contribution in [0, 0.1) is 23.0 Å². The van der Waals surface area contributed by atoms with E-state index in [2.05, 4.69) is 9.71 Å². The normalized spacial score (nSPS) is 29.0. The Bertz CT molecular complexity index is 1130. The highest BCUT2D eigenvalue weighted by molar-refractivity contribution is 7.89. The summed E-state index contributed by atoms with van der Waals surface area (Å²) >= 11 is 1.27. The SMILES string of the molecule is CCS(=O)(=O)NC1CCN(C(=O)C23CC(C2)C3)C1Cc1csc(-c2cc(F)cc(F)c2)n1. The van der Waals surface area contributed by atoms with Gasteiger partial charge in [0, 0.05) is 36.0 Å². The van der Waals surface area contributed by atoms with Crippen molar-refractivity contribution in [2.45, 2.75) is 51.1 Å². The monoisotopic (exact) mass is 481 g/mol. The molecule has 6 nitrogen and oxygen atoms in total. The van der Waals surface area contributed by atoms with Gasteiger partial charge in [0.05, 0.1) is 22.9 Å². The molecular formula is C22H25F2N3O3S2. The van der Waals surface area contributed by atoms with Gasteiger partial charge in [0.2, 0.25) is 15.9 Å². The average Bonchev–Trinajstić information content (AvgIpc) is 3.26. The summed E-state index contributed by atoms with van der Waals surface area (Å²) in [7, 11) is -3.43. The number of hydrogen-bond donors (Lipinski definition) is 1. The molecule has 1 amide bonds. The highest BCUT2D eigenvalue weighted by Gasteiger charge is 2.63. The van der Waals surface area contributed by atoms with Gasteiger partial charge >= 0.3 is 0 Å². The highest BCUT2D eigenvalue weighted by Crippen LogP contribution is 2.65. The second-order valence-electron chi connectivity index (χ2n) is 9.25. The third-order valence-electron chi connectivity index (χ3n) is 7.09. The minimum atomic E-state index is -3.43. The van der Waals surface area contributed by atoms with Crippen molar-refractivity contribution in [3.8, 4) is 10.6 Å². The van der Waals surface area contributed by atoms with Crippen molar-refractivity contribution in [1.82, 2.24) is 14.6 Å². The van der Waals surface area contributed by atoms with Gasteiger partial charge in [-0.3, -0.25) is 4.79 Å². The van der Waals surface area contributed by atoms with Gasteiger partial charge in [-0.2, -0.15) is 0 Å². The molecule has 10 heteroatoms. The van der Waals surface area contributed by atoms with Gasteiger partial charge in [-0.25, -0.2) is 26.9 Å². The molecule has 1 aromatic heterocycles. The van der Waals surface area contributed by atoms with Crippen LogP contribution < -0.4 is 4.72 Å². The number of carbonyl (C=O) groups is 1. The summed E-state index contributed by atoms with van der Waals surface area (Å²) in [5.41, 5.74) is 0.793. The fraction of sp³-hybridized carbons (Fsp3) is 0.545. The Morgan fingerprint density at radius 2 is 1.94 bits per heavy atom. The Morgan fingerprint density at radius 3 is 2.53 bits per heavy atom. The van der Waals surface area contributed by atoms with E-state index in [0.29, 0.717) is 41.6 Å². The Balaban J connectivity index is 1.39. The smallest absolute Gasteiger partial charge is 0.229 e. The maximum Gasteiger partial charge on any atom is 0.229 e. The fourth-order valence-corrected chi connectivity index (χ4v) is 7.00. The predicted molar refractivity (Wildman–Crippen MR) is 117 cm³/mol. The molecule has 0 spiro atoms. The summed E-state index contributed by atoms with van der Waals surface area (Å²) in [4.78, 5) is 19.7. The van der Waals surface area contributed by atoms with Crippen LogP contribution in [0.25, 0.3) is 10.6 Å². The number of amides is 1. The molecule has 1 aromatic carbocycles. The Morgan fingerprint density at radius 1 is 1.25 bits per heavy atom. The molecule has 4 fully saturated rings. The number of likely N-dealkylation sites (tertiary alicyclic amines) is 1. The quantitative estimate of drug-likeness (QED) is 0.658. The molecule has 1 aliphatic heterocycles. The lowest BCUT2D eigenvalue weighted by atomic mass is 9.44. The number of thiazole rings is 1. The van der Waals surface area contributed by atoms with Crippen LogP contribution in [-0.2, 0) is 21.2 Å². The molecule has 4 aliphatic rings. The molecule has 2 aromatic rings. The van der Waals surface area contributed by atoms with Crippen LogP contribution in [0.3, 0.4) is 0 Å². The summed E-state index contributed by atoms with van der Waals surface area (Å²) in [5, 5.41) is 2.30. The van der Waals surface area contributed by atoms with E-state index in [9.17, 15) is 22.0 Å². The maximum atomic E-state index is 13.6. The molecule has 2 atom stereocenters. The van der Waals surface area contributed by atoms with Crippen LogP contribution in [0.4, 0.5) is 8.78 Å². The van der Waals surface area contributed by atoms with Crippen LogP contribution in [-0.4, -0.2) is 48.6 Å². The van der Waals surface area contributed by atoms with E-state index in [1.807, 2.05) is 10.3 Å². The summed E-state index contributed by atoms with van der Waals surface area (Å²) in [6, 6.07) is 2.57. The van der Waals surface area contributed by atoms with Gasteiger partial charge in [0.1, 0.15) is 16.6 Å². The zero-order chi connectivity index (χ0) is 22.7. The molecule has 1 N–H and O–H groups in total. The van der Waals surface area contributed by atoms with E-state index in [-0.39, 0.29) is 29.2 Å². The molecule has 2 bridgehead atoms. The first kappa shape index (κ1) is 21.9. The first-order valence-corrected chi connectivity index (χ1v) is 13.4. The minimum Gasteiger partial charge on any atom is -0.337 e. The lowest BCUT2D eigenvalue weighted by Gasteiger charge is -2.61. The average molecular weight is 482 g/mol. The molecule has 2 heterocycles. The van der Waals surface area contributed by atoms with Crippen LogP contribution in [0.2, 0.25) is 0 Å². The number of hydrogen-bond acceptors (Lipinski definition) is 5. The summed E-state index contributed by atoms with van der Waals surface area (Å²) in [6.45, 7) is 2.10. The van der Waals surface area contributed by atoms with Crippen molar-refractivity contribution in [3.63, 3.8) is 0 Å². The van der Waals surface area contributed by atoms with E-state index in [1.54, 1.807) is 6.92 Å². The van der Waals surface area contributed by atoms with E-state index in [1.165, 1.54) is 23.5 Å². The topological polar surface area (TPSA) is 79.4 Å². The van der Waals surface area contributed by atoms with Gasteiger partial charge in [-0.1, -0.05) is 0 Å². The molecule has 3 aliphatic carbocycles. The zero-order valence-electron chi connectivity index (χ0n) is 17.7. The standard InChI is InChI=1S/C22H25F2N3O3S2/c1-2-32(29,30)26-18-3-4-27(21(28)22-9-13(10-22)11-22)19(18)8-17-12-31-20(25-17)14-5-15(23)7-16(24)6-14/h5-7,12-13,18-19,26H,2-4,8-11H2,1H3. The number of rotatable bonds is 7. The molecule has 1 saturated heterocycles. The van der Waals surface area contributed by atoms with E-state index >= 15 is 0 Å². The Kier molecular flexibility index (Phi) is 5.37. The fourth-order valence-electron chi connectivity index (χ4n) is 5.28. The van der Waals surface area contributed by atoms with Gasteiger partial charge in [-0.05, 0) is 50.7 Å². The predicted octanol–water partition coefficient (Wildman–Crippen LogP) is 3.34. The van der Waals surface area contributed by atoms with Crippen molar-refractivity contribution >= 4 is 27.3 Å². The van der Waals surface area contributed by atoms with Crippen molar-refractivity contribution in [2.75, 3.05) is 12.3 Å². The van der Waals surface area contributed by atoms with Gasteiger partial charge in [-0.15, -0.1) is 11.3 Å². The number of sulfonamides is 1. The lowest BCUT2D eigenvalue weighted by Crippen LogP contribution is -2.62. The van der Waals surface area contributed by atoms with Crippen LogP contribution in [0.15, 0.2) is 23.6 Å². The van der Waals surface area contributed by atoms with Gasteiger partial charge < -0.3 is 4.90 Å². The molecule has 3 saturated carbocycles. The molecule has 172 valence electrons. The van der Waals surface area contributed by atoms with Crippen molar-refractivity contribution in [2.24, 2.45) is 11.3 Å². The van der Waals surface area contributed by atoms with Gasteiger partial charge in [0.25, 0.3) is 0 Å². The highest BCUT2D eigenvalue weighted by atomic mass is 32.2. The van der Waals surface area contributed by atoms with Crippen molar-refractivity contribution in [1.29, 1.82) is 0 Å². The van der Waals surface area contributed by atoms with Crippen LogP contribution in [0.1, 0.15) is 38.3 Å². The zero-order valence-corrected chi connectivity index (χ0v) is 19.3. The molecule has 6 rings (SSSR count). The van der Waals surface area contributed by atoms with Crippen LogP contribution >= 0.6 is 11.3 Å². The third-order valence-corrected chi connectivity index (χ3v) is 9.45. The third kappa shape index (κ3) is 3.86. The van der Waals surface area contributed by atoms with Crippen molar-refractivity contribution < 1.29 is 22.0 Å². The second-order valence-corrected chi connectivity index (χ2v) is 12.1. The molecule has 32 heavy (non-hydrogen) atoms. The number of carbonyl (C=O) groups excluding carboxylic acids is 1. The number of benzene rings is 1. The summed E-state index contributed by atoms with van der Waals surface area (Å²) in [6.07, 6.45) is 3.75. The first-order chi connectivity index (χ1) is 15.2. The summed E-state index contributed by atoms with van der Waals surface area (Å²) in [5.74, 6) is -0.566.